The lowest BCUT2D eigenvalue weighted by Crippen LogP contribution is -2.57. The highest BCUT2D eigenvalue weighted by molar-refractivity contribution is 8.01. The van der Waals surface area contributed by atoms with E-state index in [1.54, 1.807) is 6.92 Å². The average Bonchev–Trinajstić information content (AvgIpc) is 2.45. The number of carboxylic acid groups (broad SMARTS) is 1. The summed E-state index contributed by atoms with van der Waals surface area (Å²) in [4.78, 5) is 34.7. The molecule has 3 N–H and O–H groups in total. The van der Waals surface area contributed by atoms with Gasteiger partial charge in [-0.3, -0.25) is 9.59 Å². The normalized spacial score (nSPS) is 35.8. The highest BCUT2D eigenvalue weighted by Crippen LogP contribution is 2.51. The minimum absolute atomic E-state index is 0.105. The monoisotopic (exact) mass is 256 g/mol. The van der Waals surface area contributed by atoms with Crippen molar-refractivity contribution in [3.05, 3.63) is 12.2 Å². The number of hydrogen-bond acceptors (Lipinski definition) is 4. The molecule has 0 saturated carbocycles. The van der Waals surface area contributed by atoms with Crippen LogP contribution in [0.2, 0.25) is 0 Å². The predicted octanol–water partition coefficient (Wildman–Crippen LogP) is -0.455. The maximum Gasteiger partial charge on any atom is 0.328 e. The minimum Gasteiger partial charge on any atom is -0.480 e. The highest BCUT2D eigenvalue weighted by Gasteiger charge is 2.59. The Morgan fingerprint density at radius 3 is 2.76 bits per heavy atom. The molecule has 0 spiro atoms. The van der Waals surface area contributed by atoms with Crippen molar-refractivity contribution >= 4 is 29.5 Å². The van der Waals surface area contributed by atoms with Gasteiger partial charge in [-0.05, 0) is 6.92 Å². The number of carbonyl (C=O) groups excluding carboxylic acids is 2. The van der Waals surface area contributed by atoms with Crippen LogP contribution in [-0.2, 0) is 14.4 Å². The van der Waals surface area contributed by atoms with Crippen molar-refractivity contribution in [1.82, 2.24) is 4.90 Å². The molecule has 6 nitrogen and oxygen atoms in total. The summed E-state index contributed by atoms with van der Waals surface area (Å²) in [7, 11) is 0. The van der Waals surface area contributed by atoms with Gasteiger partial charge in [-0.2, -0.15) is 0 Å². The van der Waals surface area contributed by atoms with E-state index in [1.807, 2.05) is 0 Å². The Labute approximate surface area is 102 Å². The van der Waals surface area contributed by atoms with E-state index in [0.29, 0.717) is 6.42 Å². The number of amides is 2. The van der Waals surface area contributed by atoms with Gasteiger partial charge in [0.15, 0.2) is 0 Å². The number of thioether (sulfide) groups is 1. The predicted molar refractivity (Wildman–Crippen MR) is 61.0 cm³/mol. The largest absolute Gasteiger partial charge is 0.480 e. The second-order valence-corrected chi connectivity index (χ2v) is 5.90. The van der Waals surface area contributed by atoms with Crippen LogP contribution in [0.5, 0.6) is 0 Å². The van der Waals surface area contributed by atoms with E-state index in [9.17, 15) is 19.5 Å². The molecule has 3 atom stereocenters. The standard InChI is InChI=1S/C10H12N2O4S/c1-10(3-2-5(11)13)8(9(15)16)12-6(14)4-7(12)17-10/h2-3,7-8H,4H2,1H3,(H2,11,13)(H,15,16)/t7-,8+,10-/m1/s1. The number of rotatable bonds is 3. The van der Waals surface area contributed by atoms with Gasteiger partial charge in [-0.25, -0.2) is 4.79 Å². The first-order valence-corrected chi connectivity index (χ1v) is 5.93. The minimum atomic E-state index is -1.07. The Morgan fingerprint density at radius 1 is 1.65 bits per heavy atom. The zero-order valence-electron chi connectivity index (χ0n) is 9.12. The maximum atomic E-state index is 11.4. The lowest BCUT2D eigenvalue weighted by atomic mass is 9.96. The Bertz CT molecular complexity index is 436. The van der Waals surface area contributed by atoms with Gasteiger partial charge in [0, 0.05) is 6.08 Å². The van der Waals surface area contributed by atoms with E-state index in [2.05, 4.69) is 0 Å². The van der Waals surface area contributed by atoms with E-state index in [-0.39, 0.29) is 11.3 Å². The molecule has 2 saturated heterocycles. The molecule has 92 valence electrons. The third-order valence-electron chi connectivity index (χ3n) is 2.97. The fourth-order valence-corrected chi connectivity index (χ4v) is 3.84. The summed E-state index contributed by atoms with van der Waals surface area (Å²) in [5.41, 5.74) is 5.00. The fourth-order valence-electron chi connectivity index (χ4n) is 2.19. The van der Waals surface area contributed by atoms with E-state index >= 15 is 0 Å². The van der Waals surface area contributed by atoms with Crippen molar-refractivity contribution in [1.29, 1.82) is 0 Å². The second-order valence-electron chi connectivity index (χ2n) is 4.24. The third-order valence-corrected chi connectivity index (χ3v) is 4.50. The van der Waals surface area contributed by atoms with Crippen molar-refractivity contribution in [2.45, 2.75) is 29.5 Å². The van der Waals surface area contributed by atoms with Crippen LogP contribution in [0, 0.1) is 0 Å². The first-order chi connectivity index (χ1) is 7.85. The van der Waals surface area contributed by atoms with Crippen LogP contribution >= 0.6 is 11.8 Å². The molecule has 2 rings (SSSR count). The van der Waals surface area contributed by atoms with E-state index in [4.69, 9.17) is 5.73 Å². The van der Waals surface area contributed by atoms with Gasteiger partial charge in [0.1, 0.15) is 6.04 Å². The van der Waals surface area contributed by atoms with Crippen LogP contribution in [0.15, 0.2) is 12.2 Å². The molecule has 2 heterocycles. The fraction of sp³-hybridized carbons (Fsp3) is 0.500. The van der Waals surface area contributed by atoms with Crippen LogP contribution < -0.4 is 5.73 Å². The van der Waals surface area contributed by atoms with Crippen molar-refractivity contribution in [2.75, 3.05) is 0 Å². The van der Waals surface area contributed by atoms with Crippen LogP contribution in [0.25, 0.3) is 0 Å². The smallest absolute Gasteiger partial charge is 0.328 e. The summed E-state index contributed by atoms with van der Waals surface area (Å²) in [5, 5.41) is 9.09. The number of β-lactam (4-membered cyclic amide) rings is 1. The molecule has 0 aliphatic carbocycles. The Hall–Kier alpha value is -1.50. The van der Waals surface area contributed by atoms with E-state index < -0.39 is 22.7 Å². The molecule has 0 aromatic heterocycles. The number of fused-ring (bicyclic) bond motifs is 1. The Morgan fingerprint density at radius 2 is 2.29 bits per heavy atom. The summed E-state index contributed by atoms with van der Waals surface area (Å²) >= 11 is 1.37. The molecule has 2 aliphatic heterocycles. The van der Waals surface area contributed by atoms with Gasteiger partial charge in [-0.15, -0.1) is 11.8 Å². The molecule has 2 fully saturated rings. The first-order valence-electron chi connectivity index (χ1n) is 5.05. The third kappa shape index (κ3) is 1.80. The first kappa shape index (κ1) is 12.0. The summed E-state index contributed by atoms with van der Waals surface area (Å²) in [6.07, 6.45) is 2.98. The molecule has 0 bridgehead atoms. The molecular weight excluding hydrogens is 244 g/mol. The summed E-state index contributed by atoms with van der Waals surface area (Å²) in [5.74, 6) is -1.85. The second kappa shape index (κ2) is 3.76. The van der Waals surface area contributed by atoms with Gasteiger partial charge >= 0.3 is 5.97 Å². The zero-order chi connectivity index (χ0) is 12.8. The van der Waals surface area contributed by atoms with Gasteiger partial charge in [0.2, 0.25) is 11.8 Å². The van der Waals surface area contributed by atoms with Gasteiger partial charge in [0.25, 0.3) is 0 Å². The van der Waals surface area contributed by atoms with Crippen molar-refractivity contribution in [3.63, 3.8) is 0 Å². The number of carbonyl (C=O) groups is 3. The van der Waals surface area contributed by atoms with Crippen LogP contribution in [0.3, 0.4) is 0 Å². The van der Waals surface area contributed by atoms with Crippen LogP contribution in [-0.4, -0.2) is 44.0 Å². The molecule has 2 aliphatic rings. The van der Waals surface area contributed by atoms with Crippen LogP contribution in [0.1, 0.15) is 13.3 Å². The number of nitrogens with zero attached hydrogens (tertiary/aromatic N) is 1. The van der Waals surface area contributed by atoms with Crippen LogP contribution in [0.4, 0.5) is 0 Å². The van der Waals surface area contributed by atoms with Crippen molar-refractivity contribution < 1.29 is 19.5 Å². The highest BCUT2D eigenvalue weighted by atomic mass is 32.2. The van der Waals surface area contributed by atoms with E-state index in [0.717, 1.165) is 6.08 Å². The lowest BCUT2D eigenvalue weighted by Gasteiger charge is -2.36. The molecule has 17 heavy (non-hydrogen) atoms. The molecule has 0 unspecified atom stereocenters. The molecule has 7 heteroatoms. The van der Waals surface area contributed by atoms with Crippen molar-refractivity contribution in [3.8, 4) is 0 Å². The number of primary amides is 1. The number of carboxylic acids is 1. The average molecular weight is 256 g/mol. The SMILES string of the molecule is C[C@]1(C=CC(N)=O)S[C@@H]2CC(=O)N2[C@H]1C(=O)O. The maximum absolute atomic E-state index is 11.4. The molecule has 0 aromatic carbocycles. The Kier molecular flexibility index (Phi) is 2.65. The molecular formula is C10H12N2O4S. The van der Waals surface area contributed by atoms with Gasteiger partial charge in [-0.1, -0.05) is 6.08 Å². The quantitative estimate of drug-likeness (QED) is 0.526. The molecule has 0 aromatic rings. The number of nitrogens with two attached hydrogens (primary N) is 1. The van der Waals surface area contributed by atoms with Gasteiger partial charge in [0.05, 0.1) is 16.5 Å². The summed E-state index contributed by atoms with van der Waals surface area (Å²) < 4.78 is -0.808. The summed E-state index contributed by atoms with van der Waals surface area (Å²) in [6, 6.07) is -0.936. The zero-order valence-corrected chi connectivity index (χ0v) is 9.94. The number of hydrogen-bond donors (Lipinski definition) is 2. The van der Waals surface area contributed by atoms with Gasteiger partial charge < -0.3 is 15.7 Å². The molecule has 2 amide bonds. The Balaban J connectivity index is 2.30. The van der Waals surface area contributed by atoms with E-state index in [1.165, 1.54) is 22.7 Å². The molecule has 0 radical (unpaired) electrons. The number of aliphatic carboxylic acids is 1. The summed E-state index contributed by atoms with van der Waals surface area (Å²) in [6.45, 7) is 1.70. The van der Waals surface area contributed by atoms with Crippen molar-refractivity contribution in [2.24, 2.45) is 5.73 Å². The lowest BCUT2D eigenvalue weighted by molar-refractivity contribution is -0.156. The topological polar surface area (TPSA) is 101 Å².